The first-order valence-electron chi connectivity index (χ1n) is 16.4. The summed E-state index contributed by atoms with van der Waals surface area (Å²) >= 11 is 0. The molecular formula is C46H29NO. The van der Waals surface area contributed by atoms with Gasteiger partial charge in [-0.3, -0.25) is 0 Å². The van der Waals surface area contributed by atoms with E-state index in [4.69, 9.17) is 4.42 Å². The van der Waals surface area contributed by atoms with Crippen molar-refractivity contribution >= 4 is 82.1 Å². The molecule has 0 bridgehead atoms. The maximum atomic E-state index is 6.53. The van der Waals surface area contributed by atoms with Gasteiger partial charge in [0.15, 0.2) is 0 Å². The lowest BCUT2D eigenvalue weighted by atomic mass is 9.96. The molecule has 10 aromatic rings. The van der Waals surface area contributed by atoms with Crippen LogP contribution in [-0.2, 0) is 0 Å². The van der Waals surface area contributed by atoms with E-state index in [1.54, 1.807) is 0 Å². The van der Waals surface area contributed by atoms with Crippen LogP contribution in [0.25, 0.3) is 76.2 Å². The number of hydrogen-bond donors (Lipinski definition) is 0. The molecule has 48 heavy (non-hydrogen) atoms. The minimum atomic E-state index is 0.877. The van der Waals surface area contributed by atoms with E-state index in [0.717, 1.165) is 39.0 Å². The van der Waals surface area contributed by atoms with Crippen molar-refractivity contribution in [2.24, 2.45) is 0 Å². The minimum absolute atomic E-state index is 0.877. The molecule has 0 saturated heterocycles. The van der Waals surface area contributed by atoms with Crippen LogP contribution in [0.1, 0.15) is 0 Å². The van der Waals surface area contributed by atoms with E-state index in [1.807, 2.05) is 0 Å². The molecule has 2 heteroatoms. The van der Waals surface area contributed by atoms with Gasteiger partial charge in [0.05, 0.1) is 0 Å². The van der Waals surface area contributed by atoms with Gasteiger partial charge in [-0.05, 0) is 103 Å². The number of anilines is 3. The Hall–Kier alpha value is -6.38. The standard InChI is InChI=1S/C46H29NO/c1-2-8-30(9-3-1)31-18-20-37(21-19-31)47(39-23-25-42-43-27-34-11-4-5-12-35(34)28-44(43)48-45(42)29-39)38-22-24-41-36(26-38)17-16-33-15-14-32-10-6-7-13-40(32)46(33)41/h1-29H. The number of furan rings is 1. The van der Waals surface area contributed by atoms with Gasteiger partial charge in [-0.25, -0.2) is 0 Å². The van der Waals surface area contributed by atoms with Gasteiger partial charge in [-0.2, -0.15) is 0 Å². The lowest BCUT2D eigenvalue weighted by molar-refractivity contribution is 0.669. The molecule has 0 aliphatic carbocycles. The molecule has 0 unspecified atom stereocenters. The second-order valence-corrected chi connectivity index (χ2v) is 12.6. The van der Waals surface area contributed by atoms with Crippen molar-refractivity contribution in [3.8, 4) is 11.1 Å². The summed E-state index contributed by atoms with van der Waals surface area (Å²) in [5, 5.41) is 12.2. The summed E-state index contributed by atoms with van der Waals surface area (Å²) in [6.45, 7) is 0. The molecule has 9 aromatic carbocycles. The van der Waals surface area contributed by atoms with E-state index in [2.05, 4.69) is 181 Å². The summed E-state index contributed by atoms with van der Waals surface area (Å²) in [5.74, 6) is 0. The third-order valence-electron chi connectivity index (χ3n) is 9.78. The maximum Gasteiger partial charge on any atom is 0.137 e. The van der Waals surface area contributed by atoms with Gasteiger partial charge in [0, 0.05) is 33.9 Å². The fraction of sp³-hybridized carbons (Fsp3) is 0. The highest BCUT2D eigenvalue weighted by atomic mass is 16.3. The van der Waals surface area contributed by atoms with Crippen LogP contribution < -0.4 is 4.90 Å². The summed E-state index contributed by atoms with van der Waals surface area (Å²) in [7, 11) is 0. The number of hydrogen-bond acceptors (Lipinski definition) is 2. The van der Waals surface area contributed by atoms with Gasteiger partial charge in [-0.15, -0.1) is 0 Å². The van der Waals surface area contributed by atoms with Crippen LogP contribution in [0.5, 0.6) is 0 Å². The smallest absolute Gasteiger partial charge is 0.137 e. The number of fused-ring (bicyclic) bond motifs is 9. The van der Waals surface area contributed by atoms with Gasteiger partial charge in [-0.1, -0.05) is 121 Å². The third-order valence-corrected chi connectivity index (χ3v) is 9.78. The van der Waals surface area contributed by atoms with Crippen molar-refractivity contribution in [1.82, 2.24) is 0 Å². The average molecular weight is 612 g/mol. The molecule has 1 heterocycles. The number of benzene rings is 9. The maximum absolute atomic E-state index is 6.53. The second-order valence-electron chi connectivity index (χ2n) is 12.6. The highest BCUT2D eigenvalue weighted by molar-refractivity contribution is 6.20. The van der Waals surface area contributed by atoms with Crippen LogP contribution in [0.3, 0.4) is 0 Å². The van der Waals surface area contributed by atoms with E-state index in [0.29, 0.717) is 0 Å². The molecule has 0 aliphatic rings. The zero-order valence-corrected chi connectivity index (χ0v) is 26.1. The van der Waals surface area contributed by atoms with Gasteiger partial charge in [0.2, 0.25) is 0 Å². The van der Waals surface area contributed by atoms with E-state index in [-0.39, 0.29) is 0 Å². The fourth-order valence-electron chi connectivity index (χ4n) is 7.43. The summed E-state index contributed by atoms with van der Waals surface area (Å²) in [5.41, 5.74) is 7.40. The zero-order chi connectivity index (χ0) is 31.6. The first-order chi connectivity index (χ1) is 23.8. The van der Waals surface area contributed by atoms with Crippen LogP contribution in [-0.4, -0.2) is 0 Å². The Morgan fingerprint density at radius 3 is 1.69 bits per heavy atom. The molecular weight excluding hydrogens is 583 g/mol. The first kappa shape index (κ1) is 26.8. The molecule has 224 valence electrons. The van der Waals surface area contributed by atoms with Crippen LogP contribution in [0.4, 0.5) is 17.1 Å². The van der Waals surface area contributed by atoms with Gasteiger partial charge in [0.25, 0.3) is 0 Å². The van der Waals surface area contributed by atoms with Crippen molar-refractivity contribution in [3.63, 3.8) is 0 Å². The molecule has 0 atom stereocenters. The van der Waals surface area contributed by atoms with Crippen LogP contribution in [0.15, 0.2) is 180 Å². The molecule has 0 aliphatic heterocycles. The Morgan fingerprint density at radius 1 is 0.312 bits per heavy atom. The van der Waals surface area contributed by atoms with Gasteiger partial charge >= 0.3 is 0 Å². The predicted molar refractivity (Wildman–Crippen MR) is 204 cm³/mol. The fourth-order valence-corrected chi connectivity index (χ4v) is 7.43. The molecule has 10 rings (SSSR count). The van der Waals surface area contributed by atoms with Crippen LogP contribution in [0.2, 0.25) is 0 Å². The van der Waals surface area contributed by atoms with Crippen LogP contribution >= 0.6 is 0 Å². The van der Waals surface area contributed by atoms with E-state index < -0.39 is 0 Å². The van der Waals surface area contributed by atoms with E-state index in [9.17, 15) is 0 Å². The Balaban J connectivity index is 1.16. The Morgan fingerprint density at radius 2 is 0.875 bits per heavy atom. The molecule has 2 nitrogen and oxygen atoms in total. The molecule has 0 amide bonds. The number of rotatable bonds is 4. The van der Waals surface area contributed by atoms with Crippen molar-refractivity contribution in [2.75, 3.05) is 4.90 Å². The molecule has 0 radical (unpaired) electrons. The molecule has 0 saturated carbocycles. The lowest BCUT2D eigenvalue weighted by Crippen LogP contribution is -2.09. The Labute approximate surface area is 277 Å². The van der Waals surface area contributed by atoms with E-state index in [1.165, 1.54) is 54.2 Å². The summed E-state index contributed by atoms with van der Waals surface area (Å²) in [6, 6.07) is 63.3. The topological polar surface area (TPSA) is 16.4 Å². The monoisotopic (exact) mass is 611 g/mol. The largest absolute Gasteiger partial charge is 0.456 e. The quantitative estimate of drug-likeness (QED) is 0.184. The van der Waals surface area contributed by atoms with Crippen molar-refractivity contribution in [3.05, 3.63) is 176 Å². The lowest BCUT2D eigenvalue weighted by Gasteiger charge is -2.26. The van der Waals surface area contributed by atoms with Crippen LogP contribution in [0, 0.1) is 0 Å². The highest BCUT2D eigenvalue weighted by Gasteiger charge is 2.17. The van der Waals surface area contributed by atoms with Crippen molar-refractivity contribution in [2.45, 2.75) is 0 Å². The zero-order valence-electron chi connectivity index (χ0n) is 26.1. The SMILES string of the molecule is c1ccc(-c2ccc(N(c3ccc4c(ccc5ccc6ccccc6c54)c3)c3ccc4c(c3)oc3cc5ccccc5cc34)cc2)cc1. The predicted octanol–water partition coefficient (Wildman–Crippen LogP) is 13.3. The normalized spacial score (nSPS) is 11.8. The minimum Gasteiger partial charge on any atom is -0.456 e. The first-order valence-corrected chi connectivity index (χ1v) is 16.4. The summed E-state index contributed by atoms with van der Waals surface area (Å²) in [4.78, 5) is 2.34. The average Bonchev–Trinajstić information content (AvgIpc) is 3.50. The Bertz CT molecular complexity index is 2830. The summed E-state index contributed by atoms with van der Waals surface area (Å²) < 4.78 is 6.53. The van der Waals surface area contributed by atoms with Crippen molar-refractivity contribution < 1.29 is 4.42 Å². The second kappa shape index (κ2) is 10.6. The third kappa shape index (κ3) is 4.27. The number of nitrogens with zero attached hydrogens (tertiary/aromatic N) is 1. The molecule has 0 fully saturated rings. The molecule has 0 spiro atoms. The van der Waals surface area contributed by atoms with Gasteiger partial charge in [0.1, 0.15) is 11.2 Å². The summed E-state index contributed by atoms with van der Waals surface area (Å²) in [6.07, 6.45) is 0. The Kier molecular flexibility index (Phi) is 5.91. The van der Waals surface area contributed by atoms with Crippen molar-refractivity contribution in [1.29, 1.82) is 0 Å². The van der Waals surface area contributed by atoms with E-state index >= 15 is 0 Å². The highest BCUT2D eigenvalue weighted by Crippen LogP contribution is 2.42. The van der Waals surface area contributed by atoms with Gasteiger partial charge < -0.3 is 9.32 Å². The molecule has 1 aromatic heterocycles. The molecule has 0 N–H and O–H groups in total.